The number of hydrogen-bond donors (Lipinski definition) is 1. The van der Waals surface area contributed by atoms with Gasteiger partial charge in [0.1, 0.15) is 30.2 Å². The van der Waals surface area contributed by atoms with E-state index in [2.05, 4.69) is 25.2 Å². The van der Waals surface area contributed by atoms with Crippen LogP contribution in [0.1, 0.15) is 57.6 Å². The molecule has 1 N–H and O–H groups in total. The van der Waals surface area contributed by atoms with Gasteiger partial charge in [0.15, 0.2) is 29.0 Å². The van der Waals surface area contributed by atoms with E-state index in [0.29, 0.717) is 42.2 Å². The zero-order chi connectivity index (χ0) is 30.9. The van der Waals surface area contributed by atoms with Crippen LogP contribution in [-0.2, 0) is 18.9 Å². The molecular weight excluding hydrogens is 566 g/mol. The first-order valence-electron chi connectivity index (χ1n) is 15.1. The fraction of sp³-hybridized carbons (Fsp3) is 0.581. The predicted octanol–water partition coefficient (Wildman–Crippen LogP) is 3.44. The Balaban J connectivity index is 1.05. The third kappa shape index (κ3) is 5.42. The SMILES string of the molecule is CC(C)(C)OC(=O)N1CCC2(CN(C[C@H]3O[C@@H](n4cnc5c(NC(=O)c6ccccc6)ncnc54)[C@@H]4OC(C)(C)O[C@@H]43)C2)C1. The van der Waals surface area contributed by atoms with Gasteiger partial charge in [0.2, 0.25) is 0 Å². The standard InChI is InChI=1S/C31H39N7O6/c1-29(2,3)44-28(40)37-12-11-31(16-37)14-36(15-31)13-20-22-23(43-30(4,5)42-22)27(41-20)38-18-34-21-24(32-17-33-25(21)38)35-26(39)19-9-7-6-8-10-19/h6-10,17-18,20,22-23,27H,11-16H2,1-5H3,(H,32,33,35,39)/t20-,22-,23-,27-/m1/s1. The molecule has 4 aliphatic rings. The van der Waals surface area contributed by atoms with Crippen LogP contribution in [0, 0.1) is 5.41 Å². The molecule has 7 rings (SSSR count). The molecule has 0 radical (unpaired) electrons. The van der Waals surface area contributed by atoms with E-state index in [0.717, 1.165) is 19.5 Å². The van der Waals surface area contributed by atoms with Gasteiger partial charge in [0.25, 0.3) is 5.91 Å². The molecule has 1 aromatic carbocycles. The summed E-state index contributed by atoms with van der Waals surface area (Å²) in [6, 6.07) is 8.94. The van der Waals surface area contributed by atoms with Gasteiger partial charge in [-0.15, -0.1) is 0 Å². The highest BCUT2D eigenvalue weighted by Crippen LogP contribution is 2.46. The molecule has 6 heterocycles. The number of amides is 2. The van der Waals surface area contributed by atoms with Crippen LogP contribution >= 0.6 is 0 Å². The van der Waals surface area contributed by atoms with Gasteiger partial charge in [0, 0.05) is 43.7 Å². The number of carbonyl (C=O) groups is 2. The van der Waals surface area contributed by atoms with Gasteiger partial charge in [0.05, 0.1) is 6.33 Å². The average molecular weight is 606 g/mol. The highest BCUT2D eigenvalue weighted by Gasteiger charge is 2.58. The number of benzene rings is 1. The number of fused-ring (bicyclic) bond motifs is 2. The Morgan fingerprint density at radius 3 is 2.55 bits per heavy atom. The van der Waals surface area contributed by atoms with Crippen LogP contribution in [0.5, 0.6) is 0 Å². The zero-order valence-corrected chi connectivity index (χ0v) is 25.7. The van der Waals surface area contributed by atoms with Crippen LogP contribution in [0.25, 0.3) is 11.2 Å². The van der Waals surface area contributed by atoms with Crippen molar-refractivity contribution in [1.29, 1.82) is 0 Å². The van der Waals surface area contributed by atoms with Crippen LogP contribution in [0.2, 0.25) is 0 Å². The quantitative estimate of drug-likeness (QED) is 0.461. The summed E-state index contributed by atoms with van der Waals surface area (Å²) in [5.74, 6) is -0.735. The van der Waals surface area contributed by atoms with Crippen molar-refractivity contribution in [2.24, 2.45) is 5.41 Å². The molecule has 0 aliphatic carbocycles. The number of likely N-dealkylation sites (tertiary alicyclic amines) is 2. The lowest BCUT2D eigenvalue weighted by Crippen LogP contribution is -2.60. The number of hydrogen-bond acceptors (Lipinski definition) is 10. The van der Waals surface area contributed by atoms with Gasteiger partial charge >= 0.3 is 6.09 Å². The third-order valence-electron chi connectivity index (χ3n) is 8.67. The van der Waals surface area contributed by atoms with Crippen molar-refractivity contribution in [3.63, 3.8) is 0 Å². The van der Waals surface area contributed by atoms with Crippen molar-refractivity contribution < 1.29 is 28.5 Å². The second kappa shape index (κ2) is 10.5. The Morgan fingerprint density at radius 1 is 1.05 bits per heavy atom. The normalized spacial score (nSPS) is 27.4. The number of anilines is 1. The minimum atomic E-state index is -0.772. The Bertz CT molecular complexity index is 1560. The van der Waals surface area contributed by atoms with Crippen LogP contribution in [0.3, 0.4) is 0 Å². The lowest BCUT2D eigenvalue weighted by Gasteiger charge is -2.49. The van der Waals surface area contributed by atoms with Crippen molar-refractivity contribution in [3.05, 3.63) is 48.5 Å². The largest absolute Gasteiger partial charge is 0.444 e. The zero-order valence-electron chi connectivity index (χ0n) is 25.7. The molecule has 4 aliphatic heterocycles. The molecule has 0 saturated carbocycles. The van der Waals surface area contributed by atoms with Crippen molar-refractivity contribution in [3.8, 4) is 0 Å². The van der Waals surface area contributed by atoms with E-state index in [9.17, 15) is 9.59 Å². The maximum atomic E-state index is 12.8. The number of carbonyl (C=O) groups excluding carboxylic acids is 2. The highest BCUT2D eigenvalue weighted by atomic mass is 16.8. The van der Waals surface area contributed by atoms with Gasteiger partial charge in [-0.2, -0.15) is 0 Å². The second-order valence-electron chi connectivity index (χ2n) is 13.8. The molecule has 13 heteroatoms. The molecular formula is C31H39N7O6. The third-order valence-corrected chi connectivity index (χ3v) is 8.67. The summed E-state index contributed by atoms with van der Waals surface area (Å²) in [6.07, 6.45) is 2.33. The molecule has 0 bridgehead atoms. The Morgan fingerprint density at radius 2 is 1.80 bits per heavy atom. The molecule has 4 atom stereocenters. The summed E-state index contributed by atoms with van der Waals surface area (Å²) in [7, 11) is 0. The monoisotopic (exact) mass is 605 g/mol. The molecule has 13 nitrogen and oxygen atoms in total. The number of nitrogens with one attached hydrogen (secondary N) is 1. The smallest absolute Gasteiger partial charge is 0.410 e. The molecule has 2 aromatic heterocycles. The molecule has 4 saturated heterocycles. The molecule has 0 unspecified atom stereocenters. The fourth-order valence-electron chi connectivity index (χ4n) is 6.89. The summed E-state index contributed by atoms with van der Waals surface area (Å²) in [5, 5.41) is 2.86. The van der Waals surface area contributed by atoms with Crippen molar-refractivity contribution in [2.75, 3.05) is 38.0 Å². The summed E-state index contributed by atoms with van der Waals surface area (Å²) in [4.78, 5) is 43.0. The van der Waals surface area contributed by atoms with Gasteiger partial charge in [-0.1, -0.05) is 18.2 Å². The number of aromatic nitrogens is 4. The first-order valence-corrected chi connectivity index (χ1v) is 15.1. The van der Waals surface area contributed by atoms with Gasteiger partial charge < -0.3 is 29.2 Å². The topological polar surface area (TPSA) is 133 Å². The minimum Gasteiger partial charge on any atom is -0.444 e. The Kier molecular flexibility index (Phi) is 6.92. The molecule has 44 heavy (non-hydrogen) atoms. The maximum Gasteiger partial charge on any atom is 0.410 e. The Hall–Kier alpha value is -3.65. The first-order chi connectivity index (χ1) is 20.9. The van der Waals surface area contributed by atoms with Gasteiger partial charge in [-0.25, -0.2) is 19.7 Å². The van der Waals surface area contributed by atoms with Crippen LogP contribution < -0.4 is 5.32 Å². The number of nitrogens with zero attached hydrogens (tertiary/aromatic N) is 6. The fourth-order valence-corrected chi connectivity index (χ4v) is 6.89. The van der Waals surface area contributed by atoms with E-state index in [-0.39, 0.29) is 35.7 Å². The maximum absolute atomic E-state index is 12.8. The van der Waals surface area contributed by atoms with Gasteiger partial charge in [-0.05, 0) is 53.2 Å². The summed E-state index contributed by atoms with van der Waals surface area (Å²) < 4.78 is 26.8. The van der Waals surface area contributed by atoms with Crippen molar-refractivity contribution in [2.45, 2.75) is 77.0 Å². The Labute approximate surface area is 255 Å². The van der Waals surface area contributed by atoms with Crippen molar-refractivity contribution in [1.82, 2.24) is 29.3 Å². The van der Waals surface area contributed by atoms with E-state index < -0.39 is 17.6 Å². The predicted molar refractivity (Wildman–Crippen MR) is 159 cm³/mol. The number of imidazole rings is 1. The lowest BCUT2D eigenvalue weighted by atomic mass is 9.79. The van der Waals surface area contributed by atoms with Crippen LogP contribution in [-0.4, -0.2) is 104 Å². The molecule has 3 aromatic rings. The summed E-state index contributed by atoms with van der Waals surface area (Å²) >= 11 is 0. The van der Waals surface area contributed by atoms with Crippen LogP contribution in [0.15, 0.2) is 43.0 Å². The average Bonchev–Trinajstić information content (AvgIpc) is 3.71. The van der Waals surface area contributed by atoms with E-state index in [1.807, 2.05) is 50.2 Å². The van der Waals surface area contributed by atoms with E-state index in [1.54, 1.807) is 30.6 Å². The number of ether oxygens (including phenoxy) is 4. The molecule has 234 valence electrons. The highest BCUT2D eigenvalue weighted by molar-refractivity contribution is 6.06. The van der Waals surface area contributed by atoms with Crippen molar-refractivity contribution >= 4 is 29.0 Å². The summed E-state index contributed by atoms with van der Waals surface area (Å²) in [6.45, 7) is 13.3. The molecule has 2 amide bonds. The second-order valence-corrected chi connectivity index (χ2v) is 13.8. The first kappa shape index (κ1) is 29.1. The van der Waals surface area contributed by atoms with Crippen LogP contribution in [0.4, 0.5) is 10.6 Å². The minimum absolute atomic E-state index is 0.0820. The number of rotatable bonds is 5. The van der Waals surface area contributed by atoms with E-state index >= 15 is 0 Å². The molecule has 1 spiro atoms. The van der Waals surface area contributed by atoms with Gasteiger partial charge in [-0.3, -0.25) is 14.3 Å². The lowest BCUT2D eigenvalue weighted by molar-refractivity contribution is -0.200. The summed E-state index contributed by atoms with van der Waals surface area (Å²) in [5.41, 5.74) is 1.08. The molecule has 4 fully saturated rings. The van der Waals surface area contributed by atoms with E-state index in [1.165, 1.54) is 6.33 Å². The van der Waals surface area contributed by atoms with E-state index in [4.69, 9.17) is 18.9 Å².